The van der Waals surface area contributed by atoms with Gasteiger partial charge < -0.3 is 14.6 Å². The van der Waals surface area contributed by atoms with E-state index in [1.807, 2.05) is 18.2 Å². The van der Waals surface area contributed by atoms with Gasteiger partial charge in [0.25, 0.3) is 0 Å². The molecule has 0 aliphatic heterocycles. The zero-order valence-electron chi connectivity index (χ0n) is 11.1. The Morgan fingerprint density at radius 3 is 2.35 bits per heavy atom. The molecule has 1 rings (SSSR count). The van der Waals surface area contributed by atoms with E-state index in [1.54, 1.807) is 14.0 Å². The fourth-order valence-electron chi connectivity index (χ4n) is 1.72. The fraction of sp³-hybridized carbons (Fsp3) is 0.571. The molecule has 1 aromatic carbocycles. The minimum atomic E-state index is -0.537. The zero-order chi connectivity index (χ0) is 12.8. The Kier molecular flexibility index (Phi) is 5.29. The van der Waals surface area contributed by atoms with Crippen LogP contribution in [0.4, 0.5) is 0 Å². The Balaban J connectivity index is 3.00. The lowest BCUT2D eigenvalue weighted by atomic mass is 10.1. The highest BCUT2D eigenvalue weighted by Gasteiger charge is 2.13. The van der Waals surface area contributed by atoms with Crippen LogP contribution in [0, 0.1) is 0 Å². The number of ether oxygens (including phenoxy) is 2. The number of hydrogen-bond donors (Lipinski definition) is 1. The number of rotatable bonds is 6. The van der Waals surface area contributed by atoms with Crippen molar-refractivity contribution in [3.8, 4) is 11.5 Å². The van der Waals surface area contributed by atoms with Crippen molar-refractivity contribution < 1.29 is 14.6 Å². The normalized spacial score (nSPS) is 12.6. The highest BCUT2D eigenvalue weighted by Crippen LogP contribution is 2.30. The molecule has 3 heteroatoms. The van der Waals surface area contributed by atoms with E-state index in [0.717, 1.165) is 24.2 Å². The molecule has 0 aliphatic carbocycles. The third-order valence-electron chi connectivity index (χ3n) is 2.88. The summed E-state index contributed by atoms with van der Waals surface area (Å²) in [7, 11) is 1.62. The van der Waals surface area contributed by atoms with Gasteiger partial charge in [0.15, 0.2) is 0 Å². The SMILES string of the molecule is CCC(CC)Oc1cc(OC)ccc1C(C)O. The topological polar surface area (TPSA) is 38.7 Å². The van der Waals surface area contributed by atoms with Crippen LogP contribution in [0.1, 0.15) is 45.3 Å². The van der Waals surface area contributed by atoms with Gasteiger partial charge in [-0.05, 0) is 31.9 Å². The summed E-state index contributed by atoms with van der Waals surface area (Å²) in [6.07, 6.45) is 1.55. The van der Waals surface area contributed by atoms with Crippen LogP contribution in [0.2, 0.25) is 0 Å². The van der Waals surface area contributed by atoms with Gasteiger partial charge in [-0.15, -0.1) is 0 Å². The lowest BCUT2D eigenvalue weighted by Gasteiger charge is -2.20. The van der Waals surface area contributed by atoms with Gasteiger partial charge in [-0.2, -0.15) is 0 Å². The lowest BCUT2D eigenvalue weighted by molar-refractivity contribution is 0.166. The van der Waals surface area contributed by atoms with E-state index in [0.29, 0.717) is 5.75 Å². The summed E-state index contributed by atoms with van der Waals surface area (Å²) in [6.45, 7) is 5.92. The summed E-state index contributed by atoms with van der Waals surface area (Å²) in [6, 6.07) is 5.52. The highest BCUT2D eigenvalue weighted by atomic mass is 16.5. The van der Waals surface area contributed by atoms with Crippen molar-refractivity contribution in [3.05, 3.63) is 23.8 Å². The van der Waals surface area contributed by atoms with Gasteiger partial charge in [0, 0.05) is 11.6 Å². The van der Waals surface area contributed by atoms with Crippen molar-refractivity contribution in [2.75, 3.05) is 7.11 Å². The van der Waals surface area contributed by atoms with Gasteiger partial charge in [-0.25, -0.2) is 0 Å². The monoisotopic (exact) mass is 238 g/mol. The summed E-state index contributed by atoms with van der Waals surface area (Å²) < 4.78 is 11.1. The number of benzene rings is 1. The molecule has 1 aromatic rings. The third-order valence-corrected chi connectivity index (χ3v) is 2.88. The molecule has 0 saturated heterocycles. The summed E-state index contributed by atoms with van der Waals surface area (Å²) in [5.74, 6) is 1.46. The Bertz CT molecular complexity index is 343. The van der Waals surface area contributed by atoms with Crippen LogP contribution in [-0.4, -0.2) is 18.3 Å². The summed E-state index contributed by atoms with van der Waals surface area (Å²) in [4.78, 5) is 0. The maximum absolute atomic E-state index is 9.71. The number of aliphatic hydroxyl groups is 1. The smallest absolute Gasteiger partial charge is 0.129 e. The molecule has 0 aliphatic rings. The van der Waals surface area contributed by atoms with Crippen LogP contribution in [-0.2, 0) is 0 Å². The fourth-order valence-corrected chi connectivity index (χ4v) is 1.72. The summed E-state index contributed by atoms with van der Waals surface area (Å²) in [5, 5.41) is 9.71. The average Bonchev–Trinajstić information content (AvgIpc) is 2.35. The molecular formula is C14H22O3. The second-order valence-corrected chi connectivity index (χ2v) is 4.14. The van der Waals surface area contributed by atoms with Crippen LogP contribution in [0.3, 0.4) is 0 Å². The van der Waals surface area contributed by atoms with Crippen LogP contribution in [0.25, 0.3) is 0 Å². The van der Waals surface area contributed by atoms with Gasteiger partial charge in [-0.3, -0.25) is 0 Å². The summed E-state index contributed by atoms with van der Waals surface area (Å²) in [5.41, 5.74) is 0.803. The molecule has 17 heavy (non-hydrogen) atoms. The molecule has 0 spiro atoms. The first-order valence-corrected chi connectivity index (χ1v) is 6.15. The highest BCUT2D eigenvalue weighted by molar-refractivity contribution is 5.41. The maximum atomic E-state index is 9.71. The Morgan fingerprint density at radius 1 is 1.24 bits per heavy atom. The first kappa shape index (κ1) is 13.8. The van der Waals surface area contributed by atoms with Crippen LogP contribution < -0.4 is 9.47 Å². The Morgan fingerprint density at radius 2 is 1.88 bits per heavy atom. The van der Waals surface area contributed by atoms with Gasteiger partial charge in [0.2, 0.25) is 0 Å². The molecule has 0 bridgehead atoms. The molecule has 1 unspecified atom stereocenters. The zero-order valence-corrected chi connectivity index (χ0v) is 11.1. The van der Waals surface area contributed by atoms with Crippen LogP contribution >= 0.6 is 0 Å². The molecule has 0 saturated carbocycles. The van der Waals surface area contributed by atoms with E-state index in [1.165, 1.54) is 0 Å². The van der Waals surface area contributed by atoms with Gasteiger partial charge in [0.05, 0.1) is 19.3 Å². The van der Waals surface area contributed by atoms with E-state index >= 15 is 0 Å². The summed E-state index contributed by atoms with van der Waals surface area (Å²) >= 11 is 0. The van der Waals surface area contributed by atoms with Crippen LogP contribution in [0.15, 0.2) is 18.2 Å². The van der Waals surface area contributed by atoms with Gasteiger partial charge in [-0.1, -0.05) is 13.8 Å². The van der Waals surface area contributed by atoms with E-state index in [4.69, 9.17) is 9.47 Å². The van der Waals surface area contributed by atoms with E-state index in [9.17, 15) is 5.11 Å². The van der Waals surface area contributed by atoms with E-state index < -0.39 is 6.10 Å². The number of aliphatic hydroxyl groups excluding tert-OH is 1. The number of hydrogen-bond acceptors (Lipinski definition) is 3. The van der Waals surface area contributed by atoms with Gasteiger partial charge in [0.1, 0.15) is 11.5 Å². The predicted molar refractivity (Wildman–Crippen MR) is 68.6 cm³/mol. The number of methoxy groups -OCH3 is 1. The van der Waals surface area contributed by atoms with Crippen molar-refractivity contribution in [1.82, 2.24) is 0 Å². The predicted octanol–water partition coefficient (Wildman–Crippen LogP) is 3.32. The van der Waals surface area contributed by atoms with Crippen LogP contribution in [0.5, 0.6) is 11.5 Å². The lowest BCUT2D eigenvalue weighted by Crippen LogP contribution is -2.15. The van der Waals surface area contributed by atoms with E-state index in [2.05, 4.69) is 13.8 Å². The van der Waals surface area contributed by atoms with Crippen molar-refractivity contribution in [2.24, 2.45) is 0 Å². The molecule has 96 valence electrons. The van der Waals surface area contributed by atoms with Gasteiger partial charge >= 0.3 is 0 Å². The quantitative estimate of drug-likeness (QED) is 0.826. The standard InChI is InChI=1S/C14H22O3/c1-5-11(6-2)17-14-9-12(16-4)7-8-13(14)10(3)15/h7-11,15H,5-6H2,1-4H3. The third kappa shape index (κ3) is 3.63. The molecule has 0 fully saturated rings. The minimum Gasteiger partial charge on any atom is -0.497 e. The molecule has 1 N–H and O–H groups in total. The first-order valence-electron chi connectivity index (χ1n) is 6.15. The second-order valence-electron chi connectivity index (χ2n) is 4.14. The molecule has 1 atom stereocenters. The molecule has 0 radical (unpaired) electrons. The van der Waals surface area contributed by atoms with Crippen molar-refractivity contribution >= 4 is 0 Å². The van der Waals surface area contributed by atoms with Crippen molar-refractivity contribution in [1.29, 1.82) is 0 Å². The molecule has 0 aromatic heterocycles. The van der Waals surface area contributed by atoms with E-state index in [-0.39, 0.29) is 6.10 Å². The largest absolute Gasteiger partial charge is 0.497 e. The minimum absolute atomic E-state index is 0.180. The molecule has 3 nitrogen and oxygen atoms in total. The molecular weight excluding hydrogens is 216 g/mol. The molecule has 0 amide bonds. The first-order chi connectivity index (χ1) is 8.12. The van der Waals surface area contributed by atoms with Crippen molar-refractivity contribution in [3.63, 3.8) is 0 Å². The van der Waals surface area contributed by atoms with Crippen molar-refractivity contribution in [2.45, 2.75) is 45.8 Å². The maximum Gasteiger partial charge on any atom is 0.129 e. The second kappa shape index (κ2) is 6.50. The Hall–Kier alpha value is -1.22. The average molecular weight is 238 g/mol. The Labute approximate surface area is 103 Å². The molecule has 0 heterocycles.